The molecule has 2 N–H and O–H groups in total. The Hall–Kier alpha value is -1.39. The molecule has 1 aliphatic rings. The molecule has 0 aromatic heterocycles. The van der Waals surface area contributed by atoms with E-state index in [9.17, 15) is 4.79 Å². The zero-order valence-electron chi connectivity index (χ0n) is 14.7. The SMILES string of the molecule is Cc1ccccc1C(C)(C)C(=O)N1CCC(OCCCN)CC1. The number of likely N-dealkylation sites (tertiary alicyclic amines) is 1. The van der Waals surface area contributed by atoms with Crippen LogP contribution in [0.5, 0.6) is 0 Å². The molecule has 0 saturated carbocycles. The van der Waals surface area contributed by atoms with Gasteiger partial charge in [0.1, 0.15) is 0 Å². The molecule has 0 spiro atoms. The smallest absolute Gasteiger partial charge is 0.232 e. The Balaban J connectivity index is 1.95. The number of piperidine rings is 1. The number of aryl methyl sites for hydroxylation is 1. The minimum absolute atomic E-state index is 0.215. The van der Waals surface area contributed by atoms with E-state index < -0.39 is 5.41 Å². The van der Waals surface area contributed by atoms with Crippen molar-refractivity contribution in [3.63, 3.8) is 0 Å². The van der Waals surface area contributed by atoms with Gasteiger partial charge in [-0.1, -0.05) is 24.3 Å². The van der Waals surface area contributed by atoms with Crippen molar-refractivity contribution in [1.82, 2.24) is 4.90 Å². The summed E-state index contributed by atoms with van der Waals surface area (Å²) in [5, 5.41) is 0. The van der Waals surface area contributed by atoms with Gasteiger partial charge >= 0.3 is 0 Å². The summed E-state index contributed by atoms with van der Waals surface area (Å²) in [7, 11) is 0. The minimum Gasteiger partial charge on any atom is -0.378 e. The van der Waals surface area contributed by atoms with Gasteiger partial charge in [0.25, 0.3) is 0 Å². The Kier molecular flexibility index (Phi) is 6.19. The second kappa shape index (κ2) is 7.93. The number of carbonyl (C=O) groups is 1. The molecule has 0 aliphatic carbocycles. The van der Waals surface area contributed by atoms with E-state index in [0.717, 1.165) is 44.5 Å². The molecule has 4 heteroatoms. The molecule has 0 bridgehead atoms. The molecular weight excluding hydrogens is 288 g/mol. The molecular formula is C19H30N2O2. The predicted octanol–water partition coefficient (Wildman–Crippen LogP) is 2.63. The zero-order valence-corrected chi connectivity index (χ0v) is 14.7. The third kappa shape index (κ3) is 4.33. The lowest BCUT2D eigenvalue weighted by atomic mass is 9.80. The fraction of sp³-hybridized carbons (Fsp3) is 0.632. The highest BCUT2D eigenvalue weighted by molar-refractivity contribution is 5.87. The molecule has 128 valence electrons. The molecule has 1 aromatic rings. The molecule has 1 fully saturated rings. The summed E-state index contributed by atoms with van der Waals surface area (Å²) in [6.45, 7) is 9.08. The number of nitrogens with two attached hydrogens (primary N) is 1. The number of amides is 1. The highest BCUT2D eigenvalue weighted by Gasteiger charge is 2.36. The first kappa shape index (κ1) is 18.0. The van der Waals surface area contributed by atoms with Crippen LogP contribution in [0.2, 0.25) is 0 Å². The van der Waals surface area contributed by atoms with Crippen molar-refractivity contribution in [3.05, 3.63) is 35.4 Å². The number of rotatable bonds is 6. The fourth-order valence-electron chi connectivity index (χ4n) is 3.34. The highest BCUT2D eigenvalue weighted by Crippen LogP contribution is 2.29. The maximum Gasteiger partial charge on any atom is 0.232 e. The summed E-state index contributed by atoms with van der Waals surface area (Å²) in [5.41, 5.74) is 7.29. The first-order valence-electron chi connectivity index (χ1n) is 8.64. The summed E-state index contributed by atoms with van der Waals surface area (Å²) in [6, 6.07) is 8.16. The maximum absolute atomic E-state index is 13.0. The van der Waals surface area contributed by atoms with Crippen molar-refractivity contribution in [3.8, 4) is 0 Å². The third-order valence-corrected chi connectivity index (χ3v) is 4.78. The number of hydrogen-bond acceptors (Lipinski definition) is 3. The fourth-order valence-corrected chi connectivity index (χ4v) is 3.34. The van der Waals surface area contributed by atoms with Crippen molar-refractivity contribution in [2.24, 2.45) is 5.73 Å². The van der Waals surface area contributed by atoms with Gasteiger partial charge in [-0.3, -0.25) is 4.79 Å². The molecule has 1 saturated heterocycles. The summed E-state index contributed by atoms with van der Waals surface area (Å²) < 4.78 is 5.82. The number of ether oxygens (including phenoxy) is 1. The second-order valence-corrected chi connectivity index (χ2v) is 6.94. The van der Waals surface area contributed by atoms with E-state index in [4.69, 9.17) is 10.5 Å². The second-order valence-electron chi connectivity index (χ2n) is 6.94. The Morgan fingerprint density at radius 1 is 1.30 bits per heavy atom. The Bertz CT molecular complexity index is 520. The summed E-state index contributed by atoms with van der Waals surface area (Å²) in [6.07, 6.45) is 3.01. The standard InChI is InChI=1S/C19H30N2O2/c1-15-7-4-5-8-17(15)19(2,3)18(22)21-12-9-16(10-13-21)23-14-6-11-20/h4-5,7-8,16H,6,9-14,20H2,1-3H3. The van der Waals surface area contributed by atoms with Crippen molar-refractivity contribution in [2.45, 2.75) is 51.6 Å². The van der Waals surface area contributed by atoms with E-state index >= 15 is 0 Å². The van der Waals surface area contributed by atoms with Gasteiger partial charge in [-0.2, -0.15) is 0 Å². The lowest BCUT2D eigenvalue weighted by Gasteiger charge is -2.37. The van der Waals surface area contributed by atoms with E-state index in [1.807, 2.05) is 30.9 Å². The largest absolute Gasteiger partial charge is 0.378 e. The van der Waals surface area contributed by atoms with Crippen LogP contribution in [-0.4, -0.2) is 43.2 Å². The number of hydrogen-bond donors (Lipinski definition) is 1. The number of nitrogens with zero attached hydrogens (tertiary/aromatic N) is 1. The molecule has 1 aliphatic heterocycles. The summed E-state index contributed by atoms with van der Waals surface area (Å²) >= 11 is 0. The van der Waals surface area contributed by atoms with Crippen LogP contribution in [0, 0.1) is 6.92 Å². The van der Waals surface area contributed by atoms with E-state index in [1.165, 1.54) is 5.56 Å². The molecule has 0 unspecified atom stereocenters. The van der Waals surface area contributed by atoms with Gasteiger partial charge in [0.15, 0.2) is 0 Å². The topological polar surface area (TPSA) is 55.6 Å². The lowest BCUT2D eigenvalue weighted by Crippen LogP contribution is -2.48. The van der Waals surface area contributed by atoms with Crippen LogP contribution >= 0.6 is 0 Å². The van der Waals surface area contributed by atoms with Crippen molar-refractivity contribution in [1.29, 1.82) is 0 Å². The van der Waals surface area contributed by atoms with Crippen LogP contribution in [0.1, 0.15) is 44.2 Å². The monoisotopic (exact) mass is 318 g/mol. The molecule has 1 amide bonds. The maximum atomic E-state index is 13.0. The molecule has 1 heterocycles. The minimum atomic E-state index is -0.488. The van der Waals surface area contributed by atoms with E-state index in [0.29, 0.717) is 6.54 Å². The Morgan fingerprint density at radius 2 is 1.96 bits per heavy atom. The Morgan fingerprint density at radius 3 is 2.57 bits per heavy atom. The van der Waals surface area contributed by atoms with E-state index in [2.05, 4.69) is 19.1 Å². The normalized spacial score (nSPS) is 16.6. The van der Waals surface area contributed by atoms with Gasteiger partial charge in [0, 0.05) is 19.7 Å². The summed E-state index contributed by atoms with van der Waals surface area (Å²) in [4.78, 5) is 15.0. The van der Waals surface area contributed by atoms with Crippen LogP contribution < -0.4 is 5.73 Å². The molecule has 23 heavy (non-hydrogen) atoms. The van der Waals surface area contributed by atoms with Crippen molar-refractivity contribution < 1.29 is 9.53 Å². The van der Waals surface area contributed by atoms with E-state index in [-0.39, 0.29) is 12.0 Å². The van der Waals surface area contributed by atoms with Crippen LogP contribution in [0.3, 0.4) is 0 Å². The predicted molar refractivity (Wildman–Crippen MR) is 93.4 cm³/mol. The van der Waals surface area contributed by atoms with Crippen molar-refractivity contribution >= 4 is 5.91 Å². The van der Waals surface area contributed by atoms with E-state index in [1.54, 1.807) is 0 Å². The van der Waals surface area contributed by atoms with Crippen molar-refractivity contribution in [2.75, 3.05) is 26.2 Å². The molecule has 4 nitrogen and oxygen atoms in total. The highest BCUT2D eigenvalue weighted by atomic mass is 16.5. The van der Waals surface area contributed by atoms with Gasteiger partial charge < -0.3 is 15.4 Å². The summed E-state index contributed by atoms with van der Waals surface area (Å²) in [5.74, 6) is 0.215. The average Bonchev–Trinajstić information content (AvgIpc) is 2.55. The van der Waals surface area contributed by atoms with Gasteiger partial charge in [0.05, 0.1) is 11.5 Å². The molecule has 1 aromatic carbocycles. The van der Waals surface area contributed by atoms with Gasteiger partial charge in [-0.05, 0) is 57.7 Å². The quantitative estimate of drug-likeness (QED) is 0.820. The third-order valence-electron chi connectivity index (χ3n) is 4.78. The molecule has 0 atom stereocenters. The Labute approximate surface area is 140 Å². The van der Waals surface area contributed by atoms with Crippen LogP contribution in [-0.2, 0) is 14.9 Å². The van der Waals surface area contributed by atoms with Gasteiger partial charge in [-0.15, -0.1) is 0 Å². The first-order chi connectivity index (χ1) is 11.0. The van der Waals surface area contributed by atoms with Crippen LogP contribution in [0.15, 0.2) is 24.3 Å². The van der Waals surface area contributed by atoms with Gasteiger partial charge in [-0.25, -0.2) is 0 Å². The number of benzene rings is 1. The van der Waals surface area contributed by atoms with Crippen LogP contribution in [0.25, 0.3) is 0 Å². The average molecular weight is 318 g/mol. The van der Waals surface area contributed by atoms with Crippen LogP contribution in [0.4, 0.5) is 0 Å². The lowest BCUT2D eigenvalue weighted by molar-refractivity contribution is -0.139. The molecule has 0 radical (unpaired) electrons. The first-order valence-corrected chi connectivity index (χ1v) is 8.64. The molecule has 2 rings (SSSR count). The number of carbonyl (C=O) groups excluding carboxylic acids is 1. The van der Waals surface area contributed by atoms with Gasteiger partial charge in [0.2, 0.25) is 5.91 Å². The zero-order chi connectivity index (χ0) is 16.9.